The standard InChI is InChI=1S/C23H31ClN4O3/c1-5-6-7-8-18-14-27(15-25-22(30)31-23(2,3)4)21(29)20-13-19(26-28(18)20)16-9-11-17(24)12-10-16/h9-13,18H,5-8,14-15H2,1-4H3,(H,25,30). The van der Waals surface area contributed by atoms with Crippen molar-refractivity contribution in [2.24, 2.45) is 0 Å². The van der Waals surface area contributed by atoms with Gasteiger partial charge < -0.3 is 15.0 Å². The average Bonchev–Trinajstić information content (AvgIpc) is 3.14. The molecule has 0 aliphatic carbocycles. The summed E-state index contributed by atoms with van der Waals surface area (Å²) in [6.07, 6.45) is 3.68. The summed E-state index contributed by atoms with van der Waals surface area (Å²) in [5, 5.41) is 8.11. The molecule has 2 amide bonds. The fourth-order valence-corrected chi connectivity index (χ4v) is 3.75. The zero-order chi connectivity index (χ0) is 22.6. The number of fused-ring (bicyclic) bond motifs is 1. The van der Waals surface area contributed by atoms with E-state index < -0.39 is 11.7 Å². The van der Waals surface area contributed by atoms with E-state index in [0.29, 0.717) is 17.3 Å². The van der Waals surface area contributed by atoms with Gasteiger partial charge in [0.1, 0.15) is 11.3 Å². The highest BCUT2D eigenvalue weighted by molar-refractivity contribution is 6.30. The Morgan fingerprint density at radius 2 is 1.97 bits per heavy atom. The molecule has 0 fully saturated rings. The summed E-state index contributed by atoms with van der Waals surface area (Å²) in [6.45, 7) is 8.17. The number of amides is 2. The van der Waals surface area contributed by atoms with Gasteiger partial charge in [0.05, 0.1) is 18.4 Å². The molecule has 0 bridgehead atoms. The third kappa shape index (κ3) is 6.00. The number of hydrogen-bond donors (Lipinski definition) is 1. The van der Waals surface area contributed by atoms with E-state index >= 15 is 0 Å². The van der Waals surface area contributed by atoms with Crippen LogP contribution in [0.1, 0.15) is 69.9 Å². The minimum Gasteiger partial charge on any atom is -0.444 e. The minimum atomic E-state index is -0.592. The Morgan fingerprint density at radius 3 is 2.61 bits per heavy atom. The molecular formula is C23H31ClN4O3. The van der Waals surface area contributed by atoms with Crippen molar-refractivity contribution in [3.8, 4) is 11.3 Å². The lowest BCUT2D eigenvalue weighted by atomic mass is 10.1. The lowest BCUT2D eigenvalue weighted by molar-refractivity contribution is 0.0449. The van der Waals surface area contributed by atoms with Gasteiger partial charge in [-0.3, -0.25) is 9.48 Å². The van der Waals surface area contributed by atoms with Gasteiger partial charge in [-0.2, -0.15) is 5.10 Å². The van der Waals surface area contributed by atoms with Crippen LogP contribution in [-0.4, -0.2) is 45.5 Å². The lowest BCUT2D eigenvalue weighted by Crippen LogP contribution is -2.49. The van der Waals surface area contributed by atoms with Crippen molar-refractivity contribution in [3.05, 3.63) is 41.0 Å². The molecule has 3 rings (SSSR count). The van der Waals surface area contributed by atoms with Gasteiger partial charge in [0.2, 0.25) is 0 Å². The van der Waals surface area contributed by atoms with E-state index in [1.54, 1.807) is 25.7 Å². The lowest BCUT2D eigenvalue weighted by Gasteiger charge is -2.33. The number of aromatic nitrogens is 2. The van der Waals surface area contributed by atoms with Crippen LogP contribution in [0, 0.1) is 0 Å². The Bertz CT molecular complexity index is 918. The van der Waals surface area contributed by atoms with Crippen LogP contribution in [0.3, 0.4) is 0 Å². The Morgan fingerprint density at radius 1 is 1.26 bits per heavy atom. The number of halogens is 1. The molecule has 0 saturated carbocycles. The predicted octanol–water partition coefficient (Wildman–Crippen LogP) is 5.26. The summed E-state index contributed by atoms with van der Waals surface area (Å²) < 4.78 is 7.15. The zero-order valence-electron chi connectivity index (χ0n) is 18.7. The molecule has 168 valence electrons. The van der Waals surface area contributed by atoms with Gasteiger partial charge in [-0.25, -0.2) is 4.79 Å². The maximum absolute atomic E-state index is 13.1. The smallest absolute Gasteiger partial charge is 0.409 e. The van der Waals surface area contributed by atoms with Gasteiger partial charge >= 0.3 is 6.09 Å². The number of nitrogens with one attached hydrogen (secondary N) is 1. The summed E-state index contributed by atoms with van der Waals surface area (Å²) in [5.41, 5.74) is 1.58. The number of nitrogens with zero attached hydrogens (tertiary/aromatic N) is 3. The molecule has 1 N–H and O–H groups in total. The van der Waals surface area contributed by atoms with Crippen molar-refractivity contribution in [1.82, 2.24) is 20.0 Å². The predicted molar refractivity (Wildman–Crippen MR) is 121 cm³/mol. The molecule has 1 aromatic carbocycles. The highest BCUT2D eigenvalue weighted by atomic mass is 35.5. The van der Waals surface area contributed by atoms with E-state index in [1.807, 2.05) is 35.0 Å². The van der Waals surface area contributed by atoms with Crippen molar-refractivity contribution in [1.29, 1.82) is 0 Å². The maximum Gasteiger partial charge on any atom is 0.409 e. The molecular weight excluding hydrogens is 416 g/mol. The summed E-state index contributed by atoms with van der Waals surface area (Å²) >= 11 is 6.01. The van der Waals surface area contributed by atoms with Crippen molar-refractivity contribution >= 4 is 23.6 Å². The maximum atomic E-state index is 13.1. The third-order valence-electron chi connectivity index (χ3n) is 5.11. The molecule has 0 saturated heterocycles. The number of carbonyl (C=O) groups excluding carboxylic acids is 2. The van der Waals surface area contributed by atoms with Crippen LogP contribution in [0.25, 0.3) is 11.3 Å². The molecule has 1 atom stereocenters. The number of ether oxygens (including phenoxy) is 1. The zero-order valence-corrected chi connectivity index (χ0v) is 19.4. The second-order valence-corrected chi connectivity index (χ2v) is 9.32. The van der Waals surface area contributed by atoms with E-state index in [1.165, 1.54) is 0 Å². The SMILES string of the molecule is CCCCCC1CN(CNC(=O)OC(C)(C)C)C(=O)c2cc(-c3ccc(Cl)cc3)nn21. The van der Waals surface area contributed by atoms with Gasteiger partial charge in [-0.05, 0) is 45.4 Å². The molecule has 1 aromatic heterocycles. The monoisotopic (exact) mass is 446 g/mol. The number of carbonyl (C=O) groups is 2. The van der Waals surface area contributed by atoms with Gasteiger partial charge in [0.25, 0.3) is 5.91 Å². The first-order valence-electron chi connectivity index (χ1n) is 10.8. The Balaban J connectivity index is 1.81. The van der Waals surface area contributed by atoms with Crippen molar-refractivity contribution < 1.29 is 14.3 Å². The van der Waals surface area contributed by atoms with E-state index in [0.717, 1.165) is 36.9 Å². The van der Waals surface area contributed by atoms with Crippen LogP contribution in [0.2, 0.25) is 5.02 Å². The van der Waals surface area contributed by atoms with Gasteiger partial charge in [0, 0.05) is 17.1 Å². The number of unbranched alkanes of at least 4 members (excludes halogenated alkanes) is 2. The van der Waals surface area contributed by atoms with Crippen molar-refractivity contribution in [2.45, 2.75) is 65.0 Å². The normalized spacial score (nSPS) is 16.2. The van der Waals surface area contributed by atoms with Gasteiger partial charge in [-0.15, -0.1) is 0 Å². The van der Waals surface area contributed by atoms with Crippen molar-refractivity contribution in [2.75, 3.05) is 13.2 Å². The van der Waals surface area contributed by atoms with Crippen LogP contribution in [-0.2, 0) is 4.74 Å². The molecule has 31 heavy (non-hydrogen) atoms. The molecule has 1 aliphatic heterocycles. The summed E-state index contributed by atoms with van der Waals surface area (Å²) in [5.74, 6) is -0.157. The van der Waals surface area contributed by atoms with E-state index in [9.17, 15) is 9.59 Å². The van der Waals surface area contributed by atoms with Gasteiger partial charge in [-0.1, -0.05) is 49.9 Å². The number of rotatable bonds is 7. The topological polar surface area (TPSA) is 76.5 Å². The molecule has 0 spiro atoms. The number of benzene rings is 1. The first-order valence-corrected chi connectivity index (χ1v) is 11.2. The third-order valence-corrected chi connectivity index (χ3v) is 5.37. The molecule has 2 aromatic rings. The van der Waals surface area contributed by atoms with Crippen molar-refractivity contribution in [3.63, 3.8) is 0 Å². The second-order valence-electron chi connectivity index (χ2n) is 8.88. The van der Waals surface area contributed by atoms with Gasteiger partial charge in [0.15, 0.2) is 0 Å². The van der Waals surface area contributed by atoms with Crippen LogP contribution in [0.15, 0.2) is 30.3 Å². The first kappa shape index (κ1) is 23.1. The van der Waals surface area contributed by atoms with Crippen LogP contribution in [0.5, 0.6) is 0 Å². The molecule has 1 unspecified atom stereocenters. The van der Waals surface area contributed by atoms with E-state index in [2.05, 4.69) is 12.2 Å². The Labute approximate surface area is 188 Å². The first-order chi connectivity index (χ1) is 14.7. The number of hydrogen-bond acceptors (Lipinski definition) is 4. The fourth-order valence-electron chi connectivity index (χ4n) is 3.62. The molecule has 7 nitrogen and oxygen atoms in total. The van der Waals surface area contributed by atoms with Crippen LogP contribution < -0.4 is 5.32 Å². The summed E-state index contributed by atoms with van der Waals surface area (Å²) in [6, 6.07) is 9.29. The molecule has 1 aliphatic rings. The van der Waals surface area contributed by atoms with Crippen LogP contribution >= 0.6 is 11.6 Å². The Hall–Kier alpha value is -2.54. The molecule has 0 radical (unpaired) electrons. The molecule has 8 heteroatoms. The Kier molecular flexibility index (Phi) is 7.26. The quantitative estimate of drug-likeness (QED) is 0.588. The summed E-state index contributed by atoms with van der Waals surface area (Å²) in [7, 11) is 0. The fraction of sp³-hybridized carbons (Fsp3) is 0.522. The largest absolute Gasteiger partial charge is 0.444 e. The molecule has 2 heterocycles. The van der Waals surface area contributed by atoms with E-state index in [4.69, 9.17) is 21.4 Å². The average molecular weight is 447 g/mol. The highest BCUT2D eigenvalue weighted by Crippen LogP contribution is 2.29. The van der Waals surface area contributed by atoms with E-state index in [-0.39, 0.29) is 18.6 Å². The number of alkyl carbamates (subject to hydrolysis) is 1. The highest BCUT2D eigenvalue weighted by Gasteiger charge is 2.33. The second kappa shape index (κ2) is 9.73. The summed E-state index contributed by atoms with van der Waals surface area (Å²) in [4.78, 5) is 26.9. The minimum absolute atomic E-state index is 0.0562. The van der Waals surface area contributed by atoms with Crippen LogP contribution in [0.4, 0.5) is 4.79 Å².